The number of nitriles is 1. The predicted octanol–water partition coefficient (Wildman–Crippen LogP) is 4.12. The van der Waals surface area contributed by atoms with Crippen LogP contribution in [-0.2, 0) is 4.74 Å². The fourth-order valence-corrected chi connectivity index (χ4v) is 4.67. The van der Waals surface area contributed by atoms with Crippen LogP contribution < -0.4 is 10.2 Å². The minimum absolute atomic E-state index is 0.359. The third-order valence-electron chi connectivity index (χ3n) is 6.37. The maximum Gasteiger partial charge on any atom is 0.134 e. The Morgan fingerprint density at radius 2 is 2.00 bits per heavy atom. The summed E-state index contributed by atoms with van der Waals surface area (Å²) >= 11 is 0. The molecule has 1 N–H and O–H groups in total. The van der Waals surface area contributed by atoms with Crippen LogP contribution in [0.2, 0.25) is 0 Å². The quantitative estimate of drug-likeness (QED) is 0.866. The topological polar surface area (TPSA) is 74.1 Å². The molecule has 0 atom stereocenters. The van der Waals surface area contributed by atoms with E-state index in [0.717, 1.165) is 44.2 Å². The molecule has 28 heavy (non-hydrogen) atoms. The van der Waals surface area contributed by atoms with Gasteiger partial charge in [0.2, 0.25) is 0 Å². The smallest absolute Gasteiger partial charge is 0.134 e. The molecule has 1 saturated carbocycles. The van der Waals surface area contributed by atoms with Gasteiger partial charge in [-0.1, -0.05) is 0 Å². The third kappa shape index (κ3) is 3.31. The standard InChI is InChI=1S/C22H25N5O/c23-15-16-2-8-24-19(12-16)25-20-13-18(17-3-10-28-11-4-17)14-21(26-20)27-9-1-5-22(27)6-7-22/h2,8,12-14,17H,1,3-7,9-11H2,(H,24,25,26). The van der Waals surface area contributed by atoms with Crippen LogP contribution in [0.15, 0.2) is 30.5 Å². The Labute approximate surface area is 165 Å². The van der Waals surface area contributed by atoms with Crippen molar-refractivity contribution in [1.29, 1.82) is 5.26 Å². The van der Waals surface area contributed by atoms with Gasteiger partial charge in [0.25, 0.3) is 0 Å². The van der Waals surface area contributed by atoms with Crippen molar-refractivity contribution < 1.29 is 4.74 Å². The molecule has 2 aliphatic heterocycles. The van der Waals surface area contributed by atoms with Crippen LogP contribution in [0.1, 0.15) is 55.6 Å². The van der Waals surface area contributed by atoms with Gasteiger partial charge in [0.15, 0.2) is 0 Å². The average molecular weight is 375 g/mol. The molecule has 3 fully saturated rings. The molecule has 1 aliphatic carbocycles. The second-order valence-corrected chi connectivity index (χ2v) is 8.18. The molecule has 2 aromatic rings. The lowest BCUT2D eigenvalue weighted by Gasteiger charge is -2.28. The molecule has 2 saturated heterocycles. The molecule has 0 bridgehead atoms. The predicted molar refractivity (Wildman–Crippen MR) is 108 cm³/mol. The number of hydrogen-bond donors (Lipinski definition) is 1. The second-order valence-electron chi connectivity index (χ2n) is 8.18. The van der Waals surface area contributed by atoms with E-state index < -0.39 is 0 Å². The Hall–Kier alpha value is -2.65. The van der Waals surface area contributed by atoms with E-state index in [9.17, 15) is 0 Å². The lowest BCUT2D eigenvalue weighted by Crippen LogP contribution is -2.32. The highest BCUT2D eigenvalue weighted by Gasteiger charge is 2.51. The number of hydrogen-bond acceptors (Lipinski definition) is 6. The molecule has 0 amide bonds. The van der Waals surface area contributed by atoms with Crippen molar-refractivity contribution in [3.63, 3.8) is 0 Å². The van der Waals surface area contributed by atoms with E-state index in [1.807, 2.05) is 0 Å². The molecule has 5 rings (SSSR count). The zero-order chi connectivity index (χ0) is 19.0. The van der Waals surface area contributed by atoms with Crippen LogP contribution in [0.4, 0.5) is 17.5 Å². The van der Waals surface area contributed by atoms with Gasteiger partial charge in [-0.15, -0.1) is 0 Å². The largest absolute Gasteiger partial charge is 0.381 e. The summed E-state index contributed by atoms with van der Waals surface area (Å²) < 4.78 is 5.56. The van der Waals surface area contributed by atoms with Gasteiger partial charge in [-0.25, -0.2) is 9.97 Å². The third-order valence-corrected chi connectivity index (χ3v) is 6.37. The van der Waals surface area contributed by atoms with Crippen molar-refractivity contribution in [1.82, 2.24) is 9.97 Å². The molecule has 0 aromatic carbocycles. The van der Waals surface area contributed by atoms with Gasteiger partial charge < -0.3 is 15.0 Å². The number of rotatable bonds is 4. The number of aromatic nitrogens is 2. The Kier molecular flexibility index (Phi) is 4.40. The van der Waals surface area contributed by atoms with Gasteiger partial charge >= 0.3 is 0 Å². The molecular formula is C22H25N5O. The molecule has 3 aliphatic rings. The fraction of sp³-hybridized carbons (Fsp3) is 0.500. The number of anilines is 3. The minimum atomic E-state index is 0.359. The monoisotopic (exact) mass is 375 g/mol. The molecule has 1 spiro atoms. The lowest BCUT2D eigenvalue weighted by atomic mass is 9.92. The Morgan fingerprint density at radius 3 is 2.79 bits per heavy atom. The summed E-state index contributed by atoms with van der Waals surface area (Å²) in [5, 5.41) is 12.5. The molecule has 0 radical (unpaired) electrons. The zero-order valence-electron chi connectivity index (χ0n) is 16.0. The molecule has 144 valence electrons. The van der Waals surface area contributed by atoms with Crippen molar-refractivity contribution in [2.45, 2.75) is 50.0 Å². The van der Waals surface area contributed by atoms with Gasteiger partial charge in [0.1, 0.15) is 17.5 Å². The first-order valence-corrected chi connectivity index (χ1v) is 10.3. The maximum absolute atomic E-state index is 9.15. The van der Waals surface area contributed by atoms with Crippen LogP contribution >= 0.6 is 0 Å². The van der Waals surface area contributed by atoms with Crippen LogP contribution in [0.25, 0.3) is 0 Å². The van der Waals surface area contributed by atoms with Gasteiger partial charge in [-0.05, 0) is 74.3 Å². The van der Waals surface area contributed by atoms with Gasteiger partial charge in [0, 0.05) is 31.5 Å². The highest BCUT2D eigenvalue weighted by atomic mass is 16.5. The van der Waals surface area contributed by atoms with Crippen LogP contribution in [0.5, 0.6) is 0 Å². The second kappa shape index (κ2) is 7.06. The SMILES string of the molecule is N#Cc1ccnc(Nc2cc(C3CCOCC3)cc(N3CCCC34CC4)n2)c1. The van der Waals surface area contributed by atoms with E-state index in [1.54, 1.807) is 18.3 Å². The van der Waals surface area contributed by atoms with Crippen molar-refractivity contribution >= 4 is 17.5 Å². The van der Waals surface area contributed by atoms with Gasteiger partial charge in [-0.3, -0.25) is 0 Å². The van der Waals surface area contributed by atoms with Crippen molar-refractivity contribution in [2.75, 3.05) is 30.0 Å². The molecule has 6 heteroatoms. The van der Waals surface area contributed by atoms with E-state index in [-0.39, 0.29) is 0 Å². The van der Waals surface area contributed by atoms with E-state index in [4.69, 9.17) is 15.0 Å². The van der Waals surface area contributed by atoms with Crippen molar-refractivity contribution in [3.8, 4) is 6.07 Å². The first kappa shape index (κ1) is 17.4. The number of nitrogens with zero attached hydrogens (tertiary/aromatic N) is 4. The summed E-state index contributed by atoms with van der Waals surface area (Å²) in [5.74, 6) is 3.05. The summed E-state index contributed by atoms with van der Waals surface area (Å²) in [5.41, 5.74) is 2.28. The summed E-state index contributed by atoms with van der Waals surface area (Å²) in [7, 11) is 0. The Balaban J connectivity index is 1.50. The van der Waals surface area contributed by atoms with Gasteiger partial charge in [0.05, 0.1) is 11.6 Å². The molecular weight excluding hydrogens is 350 g/mol. The Bertz CT molecular complexity index is 911. The maximum atomic E-state index is 9.15. The fourth-order valence-electron chi connectivity index (χ4n) is 4.67. The van der Waals surface area contributed by atoms with Gasteiger partial charge in [-0.2, -0.15) is 5.26 Å². The van der Waals surface area contributed by atoms with Crippen LogP contribution in [0.3, 0.4) is 0 Å². The minimum Gasteiger partial charge on any atom is -0.381 e. The first-order chi connectivity index (χ1) is 13.8. The molecule has 4 heterocycles. The van der Waals surface area contributed by atoms with E-state index in [0.29, 0.717) is 22.8 Å². The number of pyridine rings is 2. The van der Waals surface area contributed by atoms with E-state index in [2.05, 4.69) is 33.4 Å². The highest BCUT2D eigenvalue weighted by molar-refractivity contribution is 5.60. The zero-order valence-corrected chi connectivity index (χ0v) is 16.0. The summed E-state index contributed by atoms with van der Waals surface area (Å²) in [4.78, 5) is 11.8. The molecule has 6 nitrogen and oxygen atoms in total. The van der Waals surface area contributed by atoms with Crippen LogP contribution in [-0.4, -0.2) is 35.3 Å². The molecule has 2 aromatic heterocycles. The van der Waals surface area contributed by atoms with E-state index >= 15 is 0 Å². The van der Waals surface area contributed by atoms with E-state index in [1.165, 1.54) is 31.2 Å². The highest BCUT2D eigenvalue weighted by Crippen LogP contribution is 2.51. The number of ether oxygens (including phenoxy) is 1. The Morgan fingerprint density at radius 1 is 1.14 bits per heavy atom. The average Bonchev–Trinajstić information content (AvgIpc) is 3.39. The normalized spacial score (nSPS) is 20.9. The number of nitrogens with one attached hydrogen (secondary N) is 1. The molecule has 0 unspecified atom stereocenters. The first-order valence-electron chi connectivity index (χ1n) is 10.3. The summed E-state index contributed by atoms with van der Waals surface area (Å²) in [6.07, 6.45) is 8.86. The van der Waals surface area contributed by atoms with Crippen molar-refractivity contribution in [3.05, 3.63) is 41.6 Å². The summed E-state index contributed by atoms with van der Waals surface area (Å²) in [6.45, 7) is 2.74. The van der Waals surface area contributed by atoms with Crippen molar-refractivity contribution in [2.24, 2.45) is 0 Å². The summed E-state index contributed by atoms with van der Waals surface area (Å²) in [6, 6.07) is 10.1. The van der Waals surface area contributed by atoms with Crippen LogP contribution in [0, 0.1) is 11.3 Å². The lowest BCUT2D eigenvalue weighted by molar-refractivity contribution is 0.0853.